The van der Waals surface area contributed by atoms with Crippen molar-refractivity contribution in [2.45, 2.75) is 45.1 Å². The highest BCUT2D eigenvalue weighted by Crippen LogP contribution is 2.29. The van der Waals surface area contributed by atoms with Crippen molar-refractivity contribution < 1.29 is 14.1 Å². The maximum Gasteiger partial charge on any atom is 0.256 e. The maximum absolute atomic E-state index is 12.9. The second kappa shape index (κ2) is 8.06. The van der Waals surface area contributed by atoms with Gasteiger partial charge in [-0.15, -0.1) is 0 Å². The number of nitrogens with zero attached hydrogens (tertiary/aromatic N) is 3. The molecule has 146 valence electrons. The van der Waals surface area contributed by atoms with Crippen molar-refractivity contribution in [3.8, 4) is 0 Å². The molecule has 2 fully saturated rings. The monoisotopic (exact) mass is 364 g/mol. The molecule has 7 nitrogen and oxygen atoms in total. The zero-order valence-electron chi connectivity index (χ0n) is 16.5. The van der Waals surface area contributed by atoms with E-state index >= 15 is 0 Å². The molecular weight excluding hydrogens is 332 g/mol. The third-order valence-corrected chi connectivity index (χ3v) is 5.82. The summed E-state index contributed by atoms with van der Waals surface area (Å²) in [5.74, 6) is 0.733. The minimum Gasteiger partial charge on any atom is -0.379 e. The van der Waals surface area contributed by atoms with Crippen LogP contribution in [0.4, 0.5) is 0 Å². The molecule has 0 unspecified atom stereocenters. The summed E-state index contributed by atoms with van der Waals surface area (Å²) in [6, 6.07) is 0. The molecule has 3 heterocycles. The SMILES string of the molecule is Cc1noc(C(C)C)c1C(=O)NCC1(N2CCOCC2)CCN(C)CC1. The molecule has 0 aliphatic carbocycles. The van der Waals surface area contributed by atoms with Crippen LogP contribution in [-0.4, -0.2) is 79.4 Å². The molecule has 0 bridgehead atoms. The van der Waals surface area contributed by atoms with Crippen LogP contribution < -0.4 is 5.32 Å². The Labute approximate surface area is 156 Å². The number of rotatable bonds is 5. The van der Waals surface area contributed by atoms with E-state index in [9.17, 15) is 4.79 Å². The molecule has 0 aromatic carbocycles. The molecular formula is C19H32N4O3. The fraction of sp³-hybridized carbons (Fsp3) is 0.789. The van der Waals surface area contributed by atoms with Crippen LogP contribution in [-0.2, 0) is 4.74 Å². The fourth-order valence-electron chi connectivity index (χ4n) is 4.07. The maximum atomic E-state index is 12.9. The smallest absolute Gasteiger partial charge is 0.256 e. The summed E-state index contributed by atoms with van der Waals surface area (Å²) >= 11 is 0. The average molecular weight is 364 g/mol. The average Bonchev–Trinajstić information content (AvgIpc) is 3.04. The van der Waals surface area contributed by atoms with Gasteiger partial charge >= 0.3 is 0 Å². The van der Waals surface area contributed by atoms with E-state index in [-0.39, 0.29) is 17.4 Å². The van der Waals surface area contributed by atoms with E-state index in [4.69, 9.17) is 9.26 Å². The number of amides is 1. The minimum absolute atomic E-state index is 0.00894. The summed E-state index contributed by atoms with van der Waals surface area (Å²) < 4.78 is 10.9. The summed E-state index contributed by atoms with van der Waals surface area (Å²) in [6.07, 6.45) is 2.12. The van der Waals surface area contributed by atoms with Crippen LogP contribution >= 0.6 is 0 Å². The van der Waals surface area contributed by atoms with Crippen LogP contribution in [0.25, 0.3) is 0 Å². The lowest BCUT2D eigenvalue weighted by Gasteiger charge is -2.49. The van der Waals surface area contributed by atoms with E-state index < -0.39 is 0 Å². The van der Waals surface area contributed by atoms with Crippen molar-refractivity contribution in [1.82, 2.24) is 20.3 Å². The van der Waals surface area contributed by atoms with Crippen LogP contribution in [0.15, 0.2) is 4.52 Å². The number of carbonyl (C=O) groups is 1. The quantitative estimate of drug-likeness (QED) is 0.856. The summed E-state index contributed by atoms with van der Waals surface area (Å²) in [6.45, 7) is 12.0. The third kappa shape index (κ3) is 3.94. The summed E-state index contributed by atoms with van der Waals surface area (Å²) in [5, 5.41) is 7.21. The van der Waals surface area contributed by atoms with E-state index in [1.807, 2.05) is 20.8 Å². The van der Waals surface area contributed by atoms with Gasteiger partial charge in [-0.3, -0.25) is 9.69 Å². The van der Waals surface area contributed by atoms with E-state index in [0.29, 0.717) is 23.6 Å². The molecule has 0 radical (unpaired) electrons. The molecule has 3 rings (SSSR count). The molecule has 2 aliphatic heterocycles. The fourth-order valence-corrected chi connectivity index (χ4v) is 4.07. The highest BCUT2D eigenvalue weighted by atomic mass is 16.5. The highest BCUT2D eigenvalue weighted by Gasteiger charge is 2.40. The Kier molecular flexibility index (Phi) is 5.99. The number of likely N-dealkylation sites (tertiary alicyclic amines) is 1. The van der Waals surface area contributed by atoms with Crippen molar-refractivity contribution in [2.75, 3.05) is 53.0 Å². The number of ether oxygens (including phenoxy) is 1. The number of aromatic nitrogens is 1. The third-order valence-electron chi connectivity index (χ3n) is 5.82. The zero-order valence-corrected chi connectivity index (χ0v) is 16.5. The molecule has 0 saturated carbocycles. The topological polar surface area (TPSA) is 70.8 Å². The summed E-state index contributed by atoms with van der Waals surface area (Å²) in [4.78, 5) is 17.8. The van der Waals surface area contributed by atoms with E-state index in [0.717, 1.165) is 52.2 Å². The standard InChI is InChI=1S/C19H32N4O3/c1-14(2)17-16(15(3)21-26-17)18(24)20-13-19(5-7-22(4)8-6-19)23-9-11-25-12-10-23/h14H,5-13H2,1-4H3,(H,20,24). The van der Waals surface area contributed by atoms with Gasteiger partial charge in [0.25, 0.3) is 5.91 Å². The lowest BCUT2D eigenvalue weighted by Crippen LogP contribution is -2.62. The second-order valence-corrected chi connectivity index (χ2v) is 7.97. The Hall–Kier alpha value is -1.44. The van der Waals surface area contributed by atoms with Crippen LogP contribution in [0.2, 0.25) is 0 Å². The van der Waals surface area contributed by atoms with Crippen LogP contribution in [0, 0.1) is 6.92 Å². The molecule has 1 aromatic rings. The number of hydrogen-bond acceptors (Lipinski definition) is 6. The zero-order chi connectivity index (χ0) is 18.7. The van der Waals surface area contributed by atoms with Crippen LogP contribution in [0.5, 0.6) is 0 Å². The molecule has 2 saturated heterocycles. The van der Waals surface area contributed by atoms with Crippen molar-refractivity contribution in [2.24, 2.45) is 0 Å². The minimum atomic E-state index is -0.0704. The van der Waals surface area contributed by atoms with Crippen LogP contribution in [0.3, 0.4) is 0 Å². The van der Waals surface area contributed by atoms with Gasteiger partial charge in [-0.05, 0) is 39.9 Å². The number of nitrogens with one attached hydrogen (secondary N) is 1. The number of hydrogen-bond donors (Lipinski definition) is 1. The van der Waals surface area contributed by atoms with Crippen molar-refractivity contribution in [3.05, 3.63) is 17.0 Å². The van der Waals surface area contributed by atoms with Gasteiger partial charge in [-0.2, -0.15) is 0 Å². The van der Waals surface area contributed by atoms with Gasteiger partial charge in [0.1, 0.15) is 5.56 Å². The Balaban J connectivity index is 1.73. The van der Waals surface area contributed by atoms with Gasteiger partial charge in [-0.1, -0.05) is 19.0 Å². The van der Waals surface area contributed by atoms with Gasteiger partial charge in [-0.25, -0.2) is 0 Å². The van der Waals surface area contributed by atoms with Gasteiger partial charge in [0.2, 0.25) is 0 Å². The first-order valence-corrected chi connectivity index (χ1v) is 9.69. The molecule has 0 atom stereocenters. The predicted molar refractivity (Wildman–Crippen MR) is 99.5 cm³/mol. The van der Waals surface area contributed by atoms with Crippen molar-refractivity contribution in [3.63, 3.8) is 0 Å². The van der Waals surface area contributed by atoms with E-state index in [2.05, 4.69) is 27.3 Å². The lowest BCUT2D eigenvalue weighted by molar-refractivity contribution is -0.0439. The largest absolute Gasteiger partial charge is 0.379 e. The normalized spacial score (nSPS) is 21.9. The van der Waals surface area contributed by atoms with Crippen molar-refractivity contribution in [1.29, 1.82) is 0 Å². The first kappa shape index (κ1) is 19.3. The first-order valence-electron chi connectivity index (χ1n) is 9.69. The predicted octanol–water partition coefficient (Wildman–Crippen LogP) is 1.63. The van der Waals surface area contributed by atoms with E-state index in [1.165, 1.54) is 0 Å². The van der Waals surface area contributed by atoms with Crippen molar-refractivity contribution >= 4 is 5.91 Å². The van der Waals surface area contributed by atoms with Crippen LogP contribution in [0.1, 0.15) is 54.4 Å². The molecule has 26 heavy (non-hydrogen) atoms. The summed E-state index contributed by atoms with van der Waals surface area (Å²) in [5.41, 5.74) is 1.27. The highest BCUT2D eigenvalue weighted by molar-refractivity contribution is 5.96. The Bertz CT molecular complexity index is 614. The van der Waals surface area contributed by atoms with Gasteiger partial charge in [0.15, 0.2) is 5.76 Å². The number of carbonyl (C=O) groups excluding carboxylic acids is 1. The molecule has 7 heteroatoms. The van der Waals surface area contributed by atoms with Gasteiger partial charge in [0.05, 0.1) is 18.9 Å². The van der Waals surface area contributed by atoms with Gasteiger partial charge in [0, 0.05) is 31.1 Å². The molecule has 0 spiro atoms. The Morgan fingerprint density at radius 1 is 1.23 bits per heavy atom. The van der Waals surface area contributed by atoms with E-state index in [1.54, 1.807) is 0 Å². The molecule has 1 amide bonds. The molecule has 1 N–H and O–H groups in total. The summed E-state index contributed by atoms with van der Waals surface area (Å²) in [7, 11) is 2.16. The number of morpholine rings is 1. The Morgan fingerprint density at radius 3 is 2.50 bits per heavy atom. The number of piperidine rings is 1. The molecule has 1 aromatic heterocycles. The first-order chi connectivity index (χ1) is 12.4. The molecule has 2 aliphatic rings. The van der Waals surface area contributed by atoms with Gasteiger partial charge < -0.3 is 19.5 Å². The Morgan fingerprint density at radius 2 is 1.88 bits per heavy atom. The number of aryl methyl sites for hydroxylation is 1. The lowest BCUT2D eigenvalue weighted by atomic mass is 9.85. The second-order valence-electron chi connectivity index (χ2n) is 7.97.